The maximum absolute atomic E-state index is 12.7. The van der Waals surface area contributed by atoms with Crippen LogP contribution in [0.25, 0.3) is 0 Å². The predicted octanol–water partition coefficient (Wildman–Crippen LogP) is 2.99. The quantitative estimate of drug-likeness (QED) is 0.556. The number of benzene rings is 2. The van der Waals surface area contributed by atoms with Crippen LogP contribution in [0.3, 0.4) is 0 Å². The summed E-state index contributed by atoms with van der Waals surface area (Å²) in [5.74, 6) is -0.355. The Hall–Kier alpha value is -0.661. The molecule has 0 saturated heterocycles. The number of hydrogen-bond donors (Lipinski definition) is 0. The molecule has 0 aliphatic heterocycles. The zero-order valence-corrected chi connectivity index (χ0v) is 13.0. The summed E-state index contributed by atoms with van der Waals surface area (Å²) < 4.78 is 25.4. The van der Waals surface area contributed by atoms with E-state index >= 15 is 0 Å². The minimum atomic E-state index is -0.178. The zero-order chi connectivity index (χ0) is 12.8. The molecular formula is C14H12F2Se2. The van der Waals surface area contributed by atoms with E-state index in [0.717, 1.165) is 10.6 Å². The molecule has 2 rings (SSSR count). The van der Waals surface area contributed by atoms with Crippen molar-refractivity contribution >= 4 is 26.3 Å². The zero-order valence-electron chi connectivity index (χ0n) is 9.61. The van der Waals surface area contributed by atoms with Gasteiger partial charge >= 0.3 is 117 Å². The van der Waals surface area contributed by atoms with Gasteiger partial charge in [-0.1, -0.05) is 0 Å². The summed E-state index contributed by atoms with van der Waals surface area (Å²) in [6, 6.07) is 13.5. The molecule has 0 spiro atoms. The van der Waals surface area contributed by atoms with Crippen LogP contribution in [0.4, 0.5) is 8.78 Å². The van der Waals surface area contributed by atoms with Crippen LogP contribution in [-0.4, -0.2) is 26.3 Å². The Morgan fingerprint density at radius 3 is 1.28 bits per heavy atom. The molecule has 0 aliphatic rings. The summed E-state index contributed by atoms with van der Waals surface area (Å²) in [5.41, 5.74) is 2.41. The Balaban J connectivity index is 1.73. The van der Waals surface area contributed by atoms with Crippen molar-refractivity contribution in [1.82, 2.24) is 0 Å². The summed E-state index contributed by atoms with van der Waals surface area (Å²) in [4.78, 5) is 0. The van der Waals surface area contributed by atoms with E-state index in [0.29, 0.717) is 26.3 Å². The number of hydrogen-bond acceptors (Lipinski definition) is 0. The van der Waals surface area contributed by atoms with Crippen LogP contribution in [0.1, 0.15) is 11.1 Å². The molecule has 0 aliphatic carbocycles. The first kappa shape index (κ1) is 13.8. The molecule has 0 radical (unpaired) electrons. The van der Waals surface area contributed by atoms with Gasteiger partial charge in [-0.05, 0) is 0 Å². The molecule has 2 aromatic rings. The second-order valence-electron chi connectivity index (χ2n) is 3.78. The van der Waals surface area contributed by atoms with Crippen LogP contribution in [0.5, 0.6) is 0 Å². The first-order chi connectivity index (χ1) is 8.74. The average Bonchev–Trinajstić information content (AvgIpc) is 2.39. The van der Waals surface area contributed by atoms with Gasteiger partial charge in [-0.2, -0.15) is 0 Å². The third kappa shape index (κ3) is 4.55. The molecule has 0 fully saturated rings. The van der Waals surface area contributed by atoms with Gasteiger partial charge in [0.2, 0.25) is 0 Å². The van der Waals surface area contributed by atoms with Gasteiger partial charge in [0.1, 0.15) is 0 Å². The molecule has 0 bridgehead atoms. The molecule has 2 aromatic carbocycles. The van der Waals surface area contributed by atoms with Gasteiger partial charge in [-0.15, -0.1) is 0 Å². The molecule has 4 heteroatoms. The molecule has 0 unspecified atom stereocenters. The molecular weight excluding hydrogens is 364 g/mol. The molecule has 0 atom stereocenters. The SMILES string of the molecule is Fc1ccc(C[Se][Se]Cc2ccc(F)cc2)cc1. The van der Waals surface area contributed by atoms with Crippen LogP contribution >= 0.6 is 0 Å². The van der Waals surface area contributed by atoms with Crippen LogP contribution in [0.2, 0.25) is 0 Å². The van der Waals surface area contributed by atoms with Crippen molar-refractivity contribution in [3.05, 3.63) is 71.3 Å². The Morgan fingerprint density at radius 1 is 0.611 bits per heavy atom. The van der Waals surface area contributed by atoms with Gasteiger partial charge in [0.05, 0.1) is 0 Å². The fraction of sp³-hybridized carbons (Fsp3) is 0.143. The summed E-state index contributed by atoms with van der Waals surface area (Å²) >= 11 is 1.14. The molecule has 0 saturated carbocycles. The van der Waals surface area contributed by atoms with Gasteiger partial charge in [-0.3, -0.25) is 0 Å². The van der Waals surface area contributed by atoms with Crippen LogP contribution in [0.15, 0.2) is 48.5 Å². The molecule has 94 valence electrons. The predicted molar refractivity (Wildman–Crippen MR) is 71.7 cm³/mol. The van der Waals surface area contributed by atoms with E-state index in [1.165, 1.54) is 35.4 Å². The second-order valence-corrected chi connectivity index (χ2v) is 11.1. The van der Waals surface area contributed by atoms with Crippen LogP contribution in [0, 0.1) is 11.6 Å². The molecule has 0 N–H and O–H groups in total. The van der Waals surface area contributed by atoms with Gasteiger partial charge < -0.3 is 0 Å². The molecule has 18 heavy (non-hydrogen) atoms. The summed E-state index contributed by atoms with van der Waals surface area (Å²) in [5, 5.41) is 2.10. The first-order valence-corrected chi connectivity index (χ1v) is 12.2. The van der Waals surface area contributed by atoms with Gasteiger partial charge in [0.25, 0.3) is 0 Å². The Labute approximate surface area is 117 Å². The molecule has 0 nitrogen and oxygen atoms in total. The van der Waals surface area contributed by atoms with E-state index in [-0.39, 0.29) is 11.6 Å². The van der Waals surface area contributed by atoms with E-state index in [1.807, 2.05) is 24.3 Å². The van der Waals surface area contributed by atoms with Crippen molar-refractivity contribution in [1.29, 1.82) is 0 Å². The summed E-state index contributed by atoms with van der Waals surface area (Å²) in [7, 11) is 0. The average molecular weight is 376 g/mol. The number of halogens is 2. The van der Waals surface area contributed by atoms with Crippen molar-refractivity contribution in [2.24, 2.45) is 0 Å². The van der Waals surface area contributed by atoms with Gasteiger partial charge in [-0.25, -0.2) is 0 Å². The summed E-state index contributed by atoms with van der Waals surface area (Å²) in [6.07, 6.45) is 0. The summed E-state index contributed by atoms with van der Waals surface area (Å²) in [6.45, 7) is 0. The first-order valence-electron chi connectivity index (χ1n) is 5.47. The minimum absolute atomic E-state index is 0.178. The van der Waals surface area contributed by atoms with Crippen LogP contribution in [-0.2, 0) is 10.6 Å². The number of rotatable bonds is 5. The van der Waals surface area contributed by atoms with Crippen LogP contribution < -0.4 is 0 Å². The molecule has 0 amide bonds. The van der Waals surface area contributed by atoms with Crippen molar-refractivity contribution in [2.75, 3.05) is 0 Å². The standard InChI is InChI=1S/C14H12F2Se2/c15-13-5-1-11(2-6-13)9-17-18-10-12-3-7-14(16)8-4-12/h1-8H,9-10H2. The maximum atomic E-state index is 12.7. The fourth-order valence-corrected chi connectivity index (χ4v) is 7.89. The van der Waals surface area contributed by atoms with Crippen molar-refractivity contribution in [2.45, 2.75) is 10.6 Å². The Bertz CT molecular complexity index is 433. The van der Waals surface area contributed by atoms with E-state index in [9.17, 15) is 8.78 Å². The molecule has 0 aromatic heterocycles. The Kier molecular flexibility index (Phi) is 5.40. The topological polar surface area (TPSA) is 0 Å². The molecule has 0 heterocycles. The van der Waals surface area contributed by atoms with Gasteiger partial charge in [0.15, 0.2) is 0 Å². The third-order valence-corrected chi connectivity index (χ3v) is 8.99. The van der Waals surface area contributed by atoms with E-state index < -0.39 is 0 Å². The van der Waals surface area contributed by atoms with Gasteiger partial charge in [0, 0.05) is 0 Å². The second kappa shape index (κ2) is 7.06. The normalized spacial score (nSPS) is 10.6. The monoisotopic (exact) mass is 378 g/mol. The van der Waals surface area contributed by atoms with Crippen molar-refractivity contribution in [3.63, 3.8) is 0 Å². The van der Waals surface area contributed by atoms with E-state index in [2.05, 4.69) is 0 Å². The Morgan fingerprint density at radius 2 is 0.944 bits per heavy atom. The van der Waals surface area contributed by atoms with Crippen molar-refractivity contribution in [3.8, 4) is 0 Å². The van der Waals surface area contributed by atoms with Crippen molar-refractivity contribution < 1.29 is 8.78 Å². The fourth-order valence-electron chi connectivity index (χ4n) is 1.38. The van der Waals surface area contributed by atoms with E-state index in [4.69, 9.17) is 0 Å². The third-order valence-electron chi connectivity index (χ3n) is 2.36. The van der Waals surface area contributed by atoms with E-state index in [1.54, 1.807) is 0 Å².